The van der Waals surface area contributed by atoms with Gasteiger partial charge in [-0.15, -0.1) is 0 Å². The second kappa shape index (κ2) is 9.83. The molecule has 0 bridgehead atoms. The highest BCUT2D eigenvalue weighted by atomic mass is 127. The molecule has 1 heterocycles. The van der Waals surface area contributed by atoms with Gasteiger partial charge in [-0.2, -0.15) is 0 Å². The largest absolute Gasteiger partial charge is 1.00 e. The van der Waals surface area contributed by atoms with Gasteiger partial charge in [0.2, 0.25) is 0 Å². The molecule has 1 aliphatic heterocycles. The minimum atomic E-state index is 0. The molecule has 0 N–H and O–H groups in total. The van der Waals surface area contributed by atoms with Gasteiger partial charge >= 0.3 is 0 Å². The third-order valence-electron chi connectivity index (χ3n) is 4.77. The van der Waals surface area contributed by atoms with E-state index >= 15 is 0 Å². The zero-order valence-corrected chi connectivity index (χ0v) is 16.1. The van der Waals surface area contributed by atoms with E-state index in [-0.39, 0.29) is 24.0 Å². The molecule has 0 fully saturated rings. The first-order valence-corrected chi connectivity index (χ1v) is 8.64. The molecule has 0 spiro atoms. The molecule has 1 aromatic carbocycles. The van der Waals surface area contributed by atoms with Gasteiger partial charge in [0.15, 0.2) is 0 Å². The number of quaternary nitrogens is 1. The van der Waals surface area contributed by atoms with Crippen molar-refractivity contribution in [3.05, 3.63) is 35.4 Å². The maximum Gasteiger partial charge on any atom is 0.105 e. The molecule has 1 aromatic rings. The van der Waals surface area contributed by atoms with E-state index < -0.39 is 0 Å². The van der Waals surface area contributed by atoms with E-state index in [0.717, 1.165) is 0 Å². The van der Waals surface area contributed by atoms with Crippen LogP contribution in [0, 0.1) is 0 Å². The summed E-state index contributed by atoms with van der Waals surface area (Å²) in [7, 11) is 2.43. The summed E-state index contributed by atoms with van der Waals surface area (Å²) < 4.78 is 1.23. The number of unbranched alkanes of at least 4 members (excludes halogenated alkanes) is 7. The molecule has 2 rings (SSSR count). The summed E-state index contributed by atoms with van der Waals surface area (Å²) in [5.41, 5.74) is 3.16. The van der Waals surface area contributed by atoms with E-state index in [2.05, 4.69) is 38.2 Å². The average molecular weight is 401 g/mol. The van der Waals surface area contributed by atoms with Crippen molar-refractivity contribution in [3.63, 3.8) is 0 Å². The summed E-state index contributed by atoms with van der Waals surface area (Å²) in [5.74, 6) is 0. The standard InChI is InChI=1S/C19H32N.HI/c1-3-4-5-6-7-8-9-12-15-20(2)16-18-13-10-11-14-19(18)17-20;/h10-11,13-14H,3-9,12,15-17H2,1-2H3;1H/q+1;/p-1. The zero-order chi connectivity index (χ0) is 14.3. The van der Waals surface area contributed by atoms with Gasteiger partial charge in [-0.25, -0.2) is 0 Å². The van der Waals surface area contributed by atoms with Gasteiger partial charge < -0.3 is 28.5 Å². The molecule has 0 saturated heterocycles. The topological polar surface area (TPSA) is 0 Å². The average Bonchev–Trinajstić information content (AvgIpc) is 2.78. The Balaban J connectivity index is 0.00000220. The van der Waals surface area contributed by atoms with Crippen LogP contribution < -0.4 is 24.0 Å². The van der Waals surface area contributed by atoms with Crippen molar-refractivity contribution in [2.45, 2.75) is 71.4 Å². The van der Waals surface area contributed by atoms with Gasteiger partial charge in [0.25, 0.3) is 0 Å². The second-order valence-corrected chi connectivity index (χ2v) is 6.90. The predicted molar refractivity (Wildman–Crippen MR) is 87.5 cm³/mol. The molecule has 1 aliphatic rings. The number of fused-ring (bicyclic) bond motifs is 1. The van der Waals surface area contributed by atoms with Gasteiger partial charge in [-0.1, -0.05) is 69.7 Å². The number of rotatable bonds is 9. The van der Waals surface area contributed by atoms with Crippen LogP contribution in [-0.4, -0.2) is 18.1 Å². The molecule has 2 heteroatoms. The van der Waals surface area contributed by atoms with Gasteiger partial charge in [0.1, 0.15) is 13.1 Å². The Morgan fingerprint density at radius 3 is 1.81 bits per heavy atom. The lowest BCUT2D eigenvalue weighted by atomic mass is 10.1. The summed E-state index contributed by atoms with van der Waals surface area (Å²) in [6.45, 7) is 6.13. The van der Waals surface area contributed by atoms with Gasteiger partial charge in [0.05, 0.1) is 13.6 Å². The number of nitrogens with zero attached hydrogens (tertiary/aromatic N) is 1. The van der Waals surface area contributed by atoms with E-state index in [1.165, 1.54) is 75.5 Å². The first-order chi connectivity index (χ1) is 9.73. The molecular weight excluding hydrogens is 369 g/mol. The molecule has 0 aromatic heterocycles. The van der Waals surface area contributed by atoms with Gasteiger partial charge in [-0.05, 0) is 12.8 Å². The quantitative estimate of drug-likeness (QED) is 0.339. The van der Waals surface area contributed by atoms with Crippen LogP contribution in [0.15, 0.2) is 24.3 Å². The first-order valence-electron chi connectivity index (χ1n) is 8.64. The van der Waals surface area contributed by atoms with E-state index in [1.54, 1.807) is 11.1 Å². The first kappa shape index (κ1) is 19.0. The van der Waals surface area contributed by atoms with Crippen molar-refractivity contribution in [3.8, 4) is 0 Å². The molecule has 120 valence electrons. The molecule has 0 unspecified atom stereocenters. The maximum absolute atomic E-state index is 2.43. The van der Waals surface area contributed by atoms with E-state index in [1.807, 2.05) is 0 Å². The highest BCUT2D eigenvalue weighted by Crippen LogP contribution is 2.28. The summed E-state index contributed by atoms with van der Waals surface area (Å²) in [6, 6.07) is 8.99. The zero-order valence-electron chi connectivity index (χ0n) is 13.9. The van der Waals surface area contributed by atoms with Crippen molar-refractivity contribution >= 4 is 0 Å². The van der Waals surface area contributed by atoms with Crippen LogP contribution in [0.5, 0.6) is 0 Å². The van der Waals surface area contributed by atoms with E-state index in [9.17, 15) is 0 Å². The highest BCUT2D eigenvalue weighted by Gasteiger charge is 2.30. The normalized spacial score (nSPS) is 15.5. The monoisotopic (exact) mass is 401 g/mol. The van der Waals surface area contributed by atoms with Crippen molar-refractivity contribution in [1.29, 1.82) is 0 Å². The van der Waals surface area contributed by atoms with Gasteiger partial charge in [-0.3, -0.25) is 0 Å². The molecule has 0 amide bonds. The summed E-state index contributed by atoms with van der Waals surface area (Å²) >= 11 is 0. The Morgan fingerprint density at radius 1 is 0.810 bits per heavy atom. The summed E-state index contributed by atoms with van der Waals surface area (Å²) in [6.07, 6.45) is 11.4. The lowest BCUT2D eigenvalue weighted by molar-refractivity contribution is -0.929. The highest BCUT2D eigenvalue weighted by molar-refractivity contribution is 5.27. The molecule has 21 heavy (non-hydrogen) atoms. The third kappa shape index (κ3) is 6.27. The molecular formula is C19H32IN. The molecule has 0 aliphatic carbocycles. The van der Waals surface area contributed by atoms with Crippen molar-refractivity contribution < 1.29 is 28.5 Å². The van der Waals surface area contributed by atoms with Crippen LogP contribution in [-0.2, 0) is 13.1 Å². The van der Waals surface area contributed by atoms with Crippen LogP contribution in [0.3, 0.4) is 0 Å². The van der Waals surface area contributed by atoms with Crippen LogP contribution in [0.1, 0.15) is 69.4 Å². The number of hydrogen-bond donors (Lipinski definition) is 0. The molecule has 1 nitrogen and oxygen atoms in total. The lowest BCUT2D eigenvalue weighted by Crippen LogP contribution is -3.00. The Morgan fingerprint density at radius 2 is 1.29 bits per heavy atom. The number of halogens is 1. The van der Waals surface area contributed by atoms with Crippen LogP contribution in [0.25, 0.3) is 0 Å². The van der Waals surface area contributed by atoms with Crippen LogP contribution in [0.2, 0.25) is 0 Å². The van der Waals surface area contributed by atoms with E-state index in [0.29, 0.717) is 0 Å². The minimum absolute atomic E-state index is 0. The predicted octanol–water partition coefficient (Wildman–Crippen LogP) is 2.29. The van der Waals surface area contributed by atoms with Crippen LogP contribution in [0.4, 0.5) is 0 Å². The van der Waals surface area contributed by atoms with Crippen molar-refractivity contribution in [2.24, 2.45) is 0 Å². The van der Waals surface area contributed by atoms with Crippen molar-refractivity contribution in [1.82, 2.24) is 0 Å². The lowest BCUT2D eigenvalue weighted by Gasteiger charge is -2.29. The Kier molecular flexibility index (Phi) is 8.88. The SMILES string of the molecule is CCCCCCCCCC[N+]1(C)Cc2ccccc2C1.[I-]. The Hall–Kier alpha value is -0.0900. The molecule has 0 radical (unpaired) electrons. The smallest absolute Gasteiger partial charge is 0.105 e. The molecule has 0 atom stereocenters. The fourth-order valence-corrected chi connectivity index (χ4v) is 3.53. The Bertz CT molecular complexity index is 377. The summed E-state index contributed by atoms with van der Waals surface area (Å²) in [5, 5.41) is 0. The second-order valence-electron chi connectivity index (χ2n) is 6.90. The Labute approximate surface area is 148 Å². The fraction of sp³-hybridized carbons (Fsp3) is 0.684. The van der Waals surface area contributed by atoms with Crippen molar-refractivity contribution in [2.75, 3.05) is 13.6 Å². The summed E-state index contributed by atoms with van der Waals surface area (Å²) in [4.78, 5) is 0. The van der Waals surface area contributed by atoms with Crippen LogP contribution >= 0.6 is 0 Å². The minimum Gasteiger partial charge on any atom is -1.00 e. The van der Waals surface area contributed by atoms with Gasteiger partial charge in [0, 0.05) is 11.1 Å². The third-order valence-corrected chi connectivity index (χ3v) is 4.77. The number of hydrogen-bond acceptors (Lipinski definition) is 0. The van der Waals surface area contributed by atoms with E-state index in [4.69, 9.17) is 0 Å². The molecule has 0 saturated carbocycles. The maximum atomic E-state index is 2.43. The number of benzene rings is 1. The fourth-order valence-electron chi connectivity index (χ4n) is 3.53.